The number of likely N-dealkylation sites (tertiary alicyclic amines) is 2. The first-order valence-corrected chi connectivity index (χ1v) is 16.1. The molecule has 2 aliphatic heterocycles. The minimum atomic E-state index is -1.56. The highest BCUT2D eigenvalue weighted by Crippen LogP contribution is 2.26. The number of amides is 7. The lowest BCUT2D eigenvalue weighted by Crippen LogP contribution is -2.59. The molecule has 17 nitrogen and oxygen atoms in total. The Morgan fingerprint density at radius 3 is 1.96 bits per heavy atom. The van der Waals surface area contributed by atoms with Gasteiger partial charge < -0.3 is 47.6 Å². The lowest BCUT2D eigenvalue weighted by molar-refractivity contribution is -0.148. The second-order valence-corrected chi connectivity index (χ2v) is 12.4. The van der Waals surface area contributed by atoms with Gasteiger partial charge in [-0.05, 0) is 64.3 Å². The SMILES string of the molecule is CC(=O)N[C@@H](C)C(=O)N[C@@H](CC(=O)O)C(=O)N[C@@H](CCCCN)C(=O)N1CCC[C@H]1C(=O)N1CCC[C@H]1C(=O)N[C@H](C(N)=O)C(C)C. The number of hydrogen-bond donors (Lipinski definition) is 7. The maximum Gasteiger partial charge on any atom is 0.305 e. The molecule has 0 aromatic carbocycles. The lowest BCUT2D eigenvalue weighted by atomic mass is 10.0. The molecular formula is C30H50N8O9. The van der Waals surface area contributed by atoms with Crippen LogP contribution in [0.25, 0.3) is 0 Å². The highest BCUT2D eigenvalue weighted by Gasteiger charge is 2.44. The Morgan fingerprint density at radius 1 is 0.809 bits per heavy atom. The average molecular weight is 667 g/mol. The zero-order valence-corrected chi connectivity index (χ0v) is 27.6. The van der Waals surface area contributed by atoms with E-state index in [1.807, 2.05) is 0 Å². The molecule has 0 radical (unpaired) electrons. The van der Waals surface area contributed by atoms with Crippen molar-refractivity contribution in [2.24, 2.45) is 17.4 Å². The van der Waals surface area contributed by atoms with Crippen LogP contribution >= 0.6 is 0 Å². The molecule has 264 valence electrons. The van der Waals surface area contributed by atoms with Crippen LogP contribution in [0.3, 0.4) is 0 Å². The van der Waals surface area contributed by atoms with Crippen LogP contribution < -0.4 is 32.7 Å². The molecule has 2 aliphatic rings. The normalized spacial score (nSPS) is 20.1. The summed E-state index contributed by atoms with van der Waals surface area (Å²) >= 11 is 0. The van der Waals surface area contributed by atoms with Gasteiger partial charge in [-0.1, -0.05) is 13.8 Å². The van der Waals surface area contributed by atoms with Gasteiger partial charge in [-0.25, -0.2) is 0 Å². The Hall–Kier alpha value is -4.28. The largest absolute Gasteiger partial charge is 0.481 e. The van der Waals surface area contributed by atoms with E-state index in [0.29, 0.717) is 45.1 Å². The predicted molar refractivity (Wildman–Crippen MR) is 168 cm³/mol. The lowest BCUT2D eigenvalue weighted by Gasteiger charge is -2.33. The first-order valence-electron chi connectivity index (χ1n) is 16.1. The minimum absolute atomic E-state index is 0.133. The number of rotatable bonds is 17. The fraction of sp³-hybridized carbons (Fsp3) is 0.733. The van der Waals surface area contributed by atoms with Gasteiger partial charge in [-0.2, -0.15) is 0 Å². The van der Waals surface area contributed by atoms with Crippen molar-refractivity contribution >= 4 is 47.3 Å². The molecule has 2 saturated heterocycles. The number of carboxylic acids is 1. The topological polar surface area (TPSA) is 263 Å². The number of nitrogens with two attached hydrogens (primary N) is 2. The standard InChI is InChI=1S/C30H50N8O9/c1-16(2)24(25(32)42)36-28(45)21-10-7-13-37(21)30(47)22-11-8-14-38(22)29(46)19(9-5-6-12-31)34-27(44)20(15-23(40)41)35-26(43)17(3)33-18(4)39/h16-17,19-22,24H,5-15,31H2,1-4H3,(H2,32,42)(H,33,39)(H,34,44)(H,35,43)(H,36,45)(H,40,41)/t17-,19-,20-,21-,22-,24-/m0/s1. The summed E-state index contributed by atoms with van der Waals surface area (Å²) in [6.07, 6.45) is 2.04. The van der Waals surface area contributed by atoms with Gasteiger partial charge in [0.05, 0.1) is 6.42 Å². The van der Waals surface area contributed by atoms with Gasteiger partial charge in [0.25, 0.3) is 0 Å². The smallest absolute Gasteiger partial charge is 0.305 e. The van der Waals surface area contributed by atoms with Crippen LogP contribution in [0.15, 0.2) is 0 Å². The first kappa shape index (κ1) is 38.9. The maximum absolute atomic E-state index is 13.9. The van der Waals surface area contributed by atoms with E-state index in [1.165, 1.54) is 23.6 Å². The van der Waals surface area contributed by atoms with Crippen molar-refractivity contribution in [2.45, 2.75) is 115 Å². The molecule has 0 aromatic heterocycles. The molecule has 6 atom stereocenters. The number of nitrogens with zero attached hydrogens (tertiary/aromatic N) is 2. The third-order valence-electron chi connectivity index (χ3n) is 8.32. The van der Waals surface area contributed by atoms with E-state index < -0.39 is 90.0 Å². The molecule has 47 heavy (non-hydrogen) atoms. The summed E-state index contributed by atoms with van der Waals surface area (Å²) in [4.78, 5) is 104. The van der Waals surface area contributed by atoms with E-state index in [2.05, 4.69) is 21.3 Å². The number of carbonyl (C=O) groups excluding carboxylic acids is 7. The van der Waals surface area contributed by atoms with Crippen molar-refractivity contribution < 1.29 is 43.5 Å². The van der Waals surface area contributed by atoms with Crippen molar-refractivity contribution in [3.8, 4) is 0 Å². The van der Waals surface area contributed by atoms with Gasteiger partial charge >= 0.3 is 5.97 Å². The average Bonchev–Trinajstić information content (AvgIpc) is 3.68. The molecule has 9 N–H and O–H groups in total. The molecule has 0 aliphatic carbocycles. The predicted octanol–water partition coefficient (Wildman–Crippen LogP) is -2.31. The van der Waals surface area contributed by atoms with Gasteiger partial charge in [0.1, 0.15) is 36.3 Å². The van der Waals surface area contributed by atoms with Crippen molar-refractivity contribution in [3.05, 3.63) is 0 Å². The molecule has 0 aromatic rings. The molecule has 0 unspecified atom stereocenters. The maximum atomic E-state index is 13.9. The van der Waals surface area contributed by atoms with Crippen LogP contribution in [0.5, 0.6) is 0 Å². The summed E-state index contributed by atoms with van der Waals surface area (Å²) in [6, 6.07) is -6.44. The second kappa shape index (κ2) is 18.2. The van der Waals surface area contributed by atoms with E-state index in [9.17, 15) is 43.5 Å². The highest BCUT2D eigenvalue weighted by molar-refractivity contribution is 5.98. The van der Waals surface area contributed by atoms with Gasteiger partial charge in [-0.15, -0.1) is 0 Å². The second-order valence-electron chi connectivity index (χ2n) is 12.4. The molecule has 2 fully saturated rings. The monoisotopic (exact) mass is 666 g/mol. The van der Waals surface area contributed by atoms with E-state index in [4.69, 9.17) is 11.5 Å². The summed E-state index contributed by atoms with van der Waals surface area (Å²) in [5, 5.41) is 19.3. The fourth-order valence-corrected chi connectivity index (χ4v) is 5.87. The van der Waals surface area contributed by atoms with Crippen molar-refractivity contribution in [3.63, 3.8) is 0 Å². The summed E-state index contributed by atoms with van der Waals surface area (Å²) in [5.74, 6) is -6.04. The highest BCUT2D eigenvalue weighted by atomic mass is 16.4. The van der Waals surface area contributed by atoms with Crippen molar-refractivity contribution in [1.29, 1.82) is 0 Å². The summed E-state index contributed by atoms with van der Waals surface area (Å²) < 4.78 is 0. The Labute approximate surface area is 274 Å². The van der Waals surface area contributed by atoms with Gasteiger partial charge in [0.2, 0.25) is 41.4 Å². The number of aliphatic carboxylic acids is 1. The molecule has 17 heteroatoms. The Kier molecular flexibility index (Phi) is 15.0. The molecule has 2 heterocycles. The van der Waals surface area contributed by atoms with Crippen LogP contribution in [-0.4, -0.2) is 118 Å². The summed E-state index contributed by atoms with van der Waals surface area (Å²) in [7, 11) is 0. The Bertz CT molecular complexity index is 1200. The van der Waals surface area contributed by atoms with E-state index in [0.717, 1.165) is 0 Å². The number of carbonyl (C=O) groups is 8. The van der Waals surface area contributed by atoms with E-state index in [1.54, 1.807) is 13.8 Å². The van der Waals surface area contributed by atoms with Crippen LogP contribution in [0, 0.1) is 5.92 Å². The van der Waals surface area contributed by atoms with Crippen molar-refractivity contribution in [2.75, 3.05) is 19.6 Å². The Morgan fingerprint density at radius 2 is 1.40 bits per heavy atom. The summed E-state index contributed by atoms with van der Waals surface area (Å²) in [6.45, 7) is 6.86. The fourth-order valence-electron chi connectivity index (χ4n) is 5.87. The van der Waals surface area contributed by atoms with Crippen LogP contribution in [0.4, 0.5) is 0 Å². The third kappa shape index (κ3) is 11.2. The third-order valence-corrected chi connectivity index (χ3v) is 8.32. The first-order chi connectivity index (χ1) is 22.1. The Balaban J connectivity index is 2.24. The summed E-state index contributed by atoms with van der Waals surface area (Å²) in [5.41, 5.74) is 11.1. The quantitative estimate of drug-likeness (QED) is 0.0816. The van der Waals surface area contributed by atoms with Crippen LogP contribution in [-0.2, 0) is 38.4 Å². The van der Waals surface area contributed by atoms with E-state index >= 15 is 0 Å². The zero-order chi connectivity index (χ0) is 35.4. The van der Waals surface area contributed by atoms with Crippen molar-refractivity contribution in [1.82, 2.24) is 31.1 Å². The number of unbranched alkanes of at least 4 members (excludes halogenated alkanes) is 1. The number of nitrogens with one attached hydrogen (secondary N) is 4. The van der Waals surface area contributed by atoms with Gasteiger partial charge in [0.15, 0.2) is 0 Å². The van der Waals surface area contributed by atoms with Crippen LogP contribution in [0.1, 0.15) is 79.1 Å². The molecule has 2 rings (SSSR count). The molecular weight excluding hydrogens is 616 g/mol. The van der Waals surface area contributed by atoms with Gasteiger partial charge in [0, 0.05) is 20.0 Å². The molecule has 0 spiro atoms. The number of carboxylic acid groups (broad SMARTS) is 1. The molecule has 0 saturated carbocycles. The van der Waals surface area contributed by atoms with Gasteiger partial charge in [-0.3, -0.25) is 38.4 Å². The number of hydrogen-bond acceptors (Lipinski definition) is 9. The van der Waals surface area contributed by atoms with Crippen LogP contribution in [0.2, 0.25) is 0 Å². The molecule has 0 bridgehead atoms. The molecule has 7 amide bonds. The zero-order valence-electron chi connectivity index (χ0n) is 27.6. The number of primary amides is 1. The van der Waals surface area contributed by atoms with E-state index in [-0.39, 0.29) is 25.4 Å². The minimum Gasteiger partial charge on any atom is -0.481 e.